The molecule has 1 aromatic heterocycles. The number of piperidine rings is 1. The highest BCUT2D eigenvalue weighted by atomic mass is 33.1. The summed E-state index contributed by atoms with van der Waals surface area (Å²) < 4.78 is 16.9. The number of likely N-dealkylation sites (tertiary alicyclic amines) is 1. The number of aliphatic carboxylic acids is 3. The summed E-state index contributed by atoms with van der Waals surface area (Å²) in [5.41, 5.74) is 5.88. The fraction of sp³-hybridized carbons (Fsp3) is 0.597. The summed E-state index contributed by atoms with van der Waals surface area (Å²) in [6.45, 7) is 12.6. The smallest absolute Gasteiger partial charge is 0.426 e. The molecule has 37 heteroatoms. The SMILES string of the molecule is CCCC(=O)OCN(C(=O)[C@@H](NC(=O)[C@H]1CCCCN1C)C(C)CC)[C@H](C[C@@H](OC(C)=O)c1nc(C(=O)N[C@@H](Cc2ccc(O)cc2)C[C@H](C)C(=O)NNC(=O)OCCSSCCNC(=O)[C@H](Cc2ccccc2)NC(=O)[C@H](CC(=O)O)NC(=O)NCCCCCNC(=O)N[C@@H](CCC(=O)O)C(=O)O)cs1)C(C)C. The fourth-order valence-corrected chi connectivity index (χ4v) is 14.0. The van der Waals surface area contributed by atoms with E-state index in [9.17, 15) is 77.6 Å². The number of urea groups is 2. The largest absolute Gasteiger partial charge is 0.508 e. The molecule has 34 nitrogen and oxygen atoms in total. The van der Waals surface area contributed by atoms with Crippen LogP contribution in [0.5, 0.6) is 5.75 Å². The molecule has 1 unspecified atom stereocenters. The summed E-state index contributed by atoms with van der Waals surface area (Å²) in [7, 11) is 4.50. The predicted molar refractivity (Wildman–Crippen MR) is 405 cm³/mol. The first-order valence-electron chi connectivity index (χ1n) is 36.4. The number of benzene rings is 2. The Morgan fingerprint density at radius 1 is 0.688 bits per heavy atom. The van der Waals surface area contributed by atoms with E-state index in [0.29, 0.717) is 55.4 Å². The molecule has 0 spiro atoms. The summed E-state index contributed by atoms with van der Waals surface area (Å²) in [6.07, 6.45) is 1.35. The van der Waals surface area contributed by atoms with Crippen LogP contribution in [0, 0.1) is 17.8 Å². The first-order valence-corrected chi connectivity index (χ1v) is 39.8. The van der Waals surface area contributed by atoms with Crippen LogP contribution in [-0.4, -0.2) is 219 Å². The first-order chi connectivity index (χ1) is 51.9. The lowest BCUT2D eigenvalue weighted by atomic mass is 9.92. The van der Waals surface area contributed by atoms with E-state index in [1.807, 2.05) is 46.6 Å². The van der Waals surface area contributed by atoms with E-state index in [4.69, 9.17) is 19.3 Å². The standard InChI is InChI=1S/C72H107N13O21S3/c1-9-19-60(92)105-42-85(68(98)61(44(5)10-2)81-66(97)55-22-15-18-32-84(55)8)56(43(3)4)40-57(106-46(7)86)67-78-54(41-107-67)65(96)76-49(37-48-23-25-50(87)26-24-48)36-45(6)62(93)82-83-72(103)104-33-35-109-108-34-31-73-63(94)52(38-47-20-13-11-14-21-47)77-64(95)53(39-59(90)91)80-71(102)75-30-17-12-16-29-74-70(101)79-51(69(99)100)27-28-58(88)89/h11,13-14,20-21,23-26,41,43-45,49,51-53,55-57,61,87H,9-10,12,15-19,22,27-40,42H2,1-8H3,(H,73,94)(H,76,96)(H,77,95)(H,81,97)(H,82,93)(H,83,103)(H,88,89)(H,90,91)(H,99,100)(H2,74,79,101)(H2,75,80,102)/t44?,45-,49+,51-,52-,53-,55+,56+,57+,61-/m0/s1. The minimum Gasteiger partial charge on any atom is -0.508 e. The number of amides is 11. The number of carboxylic acid groups (broad SMARTS) is 3. The molecule has 11 amide bonds. The van der Waals surface area contributed by atoms with Gasteiger partial charge in [-0.2, -0.15) is 0 Å². The number of phenolic OH excluding ortho intramolecular Hbond substituents is 1. The van der Waals surface area contributed by atoms with Crippen LogP contribution in [0.1, 0.15) is 171 Å². The number of unbranched alkanes of at least 4 members (excludes halogenated alkanes) is 2. The summed E-state index contributed by atoms with van der Waals surface area (Å²) in [5.74, 6) is -9.67. The molecule has 1 aliphatic heterocycles. The van der Waals surface area contributed by atoms with E-state index in [1.165, 1.54) is 50.9 Å². The maximum Gasteiger partial charge on any atom is 0.426 e. The van der Waals surface area contributed by atoms with Crippen molar-refractivity contribution in [2.45, 2.75) is 200 Å². The number of nitrogens with one attached hydrogen (secondary N) is 10. The van der Waals surface area contributed by atoms with E-state index < -0.39 is 151 Å². The Labute approximate surface area is 646 Å². The van der Waals surface area contributed by atoms with Crippen molar-refractivity contribution in [3.8, 4) is 5.75 Å². The monoisotopic (exact) mass is 1590 g/mol. The average Bonchev–Trinajstić information content (AvgIpc) is 1.79. The number of hydrazine groups is 1. The van der Waals surface area contributed by atoms with Crippen LogP contribution in [0.25, 0.3) is 0 Å². The van der Waals surface area contributed by atoms with Crippen molar-refractivity contribution in [2.75, 3.05) is 58.1 Å². The molecular formula is C72H107N13O21S3. The number of phenols is 1. The number of nitrogens with zero attached hydrogens (tertiary/aromatic N) is 3. The van der Waals surface area contributed by atoms with Crippen molar-refractivity contribution in [3.63, 3.8) is 0 Å². The van der Waals surface area contributed by atoms with E-state index in [-0.39, 0.29) is 105 Å². The van der Waals surface area contributed by atoms with Gasteiger partial charge in [0.1, 0.15) is 47.2 Å². The Bertz CT molecular complexity index is 3470. The fourth-order valence-electron chi connectivity index (χ4n) is 11.5. The molecule has 109 heavy (non-hydrogen) atoms. The Balaban J connectivity index is 1.30. The van der Waals surface area contributed by atoms with Crippen LogP contribution in [0.3, 0.4) is 0 Å². The van der Waals surface area contributed by atoms with Crippen LogP contribution in [0.2, 0.25) is 0 Å². The van der Waals surface area contributed by atoms with Crippen LogP contribution >= 0.6 is 32.9 Å². The van der Waals surface area contributed by atoms with Crippen molar-refractivity contribution in [3.05, 3.63) is 81.8 Å². The number of carbonyl (C=O) groups is 14. The van der Waals surface area contributed by atoms with E-state index in [0.717, 1.165) is 30.7 Å². The molecule has 0 aliphatic carbocycles. The molecule has 2 heterocycles. The van der Waals surface area contributed by atoms with E-state index in [2.05, 4.69) is 58.4 Å². The topological polar surface area (TPSA) is 487 Å². The molecule has 1 aliphatic rings. The van der Waals surface area contributed by atoms with Gasteiger partial charge < -0.3 is 82.1 Å². The second kappa shape index (κ2) is 49.5. The van der Waals surface area contributed by atoms with Gasteiger partial charge >= 0.3 is 48.0 Å². The van der Waals surface area contributed by atoms with Crippen molar-refractivity contribution in [1.82, 2.24) is 68.2 Å². The maximum absolute atomic E-state index is 15.0. The highest BCUT2D eigenvalue weighted by molar-refractivity contribution is 8.76. The summed E-state index contributed by atoms with van der Waals surface area (Å²) in [5, 5.41) is 60.3. The van der Waals surface area contributed by atoms with E-state index >= 15 is 4.79 Å². The Morgan fingerprint density at radius 2 is 1.35 bits per heavy atom. The minimum absolute atomic E-state index is 0.00421. The molecule has 4 rings (SSSR count). The van der Waals surface area contributed by atoms with Gasteiger partial charge in [-0.15, -0.1) is 11.3 Å². The van der Waals surface area contributed by atoms with Gasteiger partial charge in [0.2, 0.25) is 29.5 Å². The Hall–Kier alpha value is -9.49. The molecule has 1 saturated heterocycles. The second-order valence-electron chi connectivity index (χ2n) is 26.7. The molecule has 10 atom stereocenters. The Morgan fingerprint density at radius 3 is 1.96 bits per heavy atom. The lowest BCUT2D eigenvalue weighted by Gasteiger charge is -2.39. The molecule has 0 bridgehead atoms. The first kappa shape index (κ1) is 91.9. The number of hydrogen-bond donors (Lipinski definition) is 14. The zero-order valence-electron chi connectivity index (χ0n) is 62.9. The van der Waals surface area contributed by atoms with Crippen LogP contribution in [0.4, 0.5) is 14.4 Å². The van der Waals surface area contributed by atoms with Gasteiger partial charge in [0.15, 0.2) is 12.8 Å². The number of carboxylic acids is 3. The van der Waals surface area contributed by atoms with Crippen molar-refractivity contribution >= 4 is 116 Å². The van der Waals surface area contributed by atoms with Crippen molar-refractivity contribution in [2.24, 2.45) is 17.8 Å². The van der Waals surface area contributed by atoms with Gasteiger partial charge in [0, 0.05) is 87.1 Å². The number of rotatable bonds is 48. The molecule has 604 valence electrons. The van der Waals surface area contributed by atoms with Gasteiger partial charge in [-0.1, -0.05) is 118 Å². The number of esters is 2. The summed E-state index contributed by atoms with van der Waals surface area (Å²) in [4.78, 5) is 189. The quantitative estimate of drug-likeness (QED) is 0.00852. The number of hydrogen-bond acceptors (Lipinski definition) is 23. The lowest BCUT2D eigenvalue weighted by Crippen LogP contribution is -2.59. The van der Waals surface area contributed by atoms with Gasteiger partial charge in [-0.25, -0.2) is 29.6 Å². The number of thiazole rings is 1. The van der Waals surface area contributed by atoms with Gasteiger partial charge in [-0.3, -0.25) is 58.3 Å². The van der Waals surface area contributed by atoms with Crippen molar-refractivity contribution < 1.29 is 102 Å². The normalized spacial score (nSPS) is 15.2. The minimum atomic E-state index is -1.59. The zero-order valence-corrected chi connectivity index (χ0v) is 65.3. The van der Waals surface area contributed by atoms with Crippen LogP contribution < -0.4 is 53.4 Å². The molecule has 14 N–H and O–H groups in total. The molecule has 1 fully saturated rings. The van der Waals surface area contributed by atoms with Gasteiger partial charge in [-0.05, 0) is 106 Å². The highest BCUT2D eigenvalue weighted by Gasteiger charge is 2.40. The zero-order chi connectivity index (χ0) is 80.5. The molecule has 0 saturated carbocycles. The maximum atomic E-state index is 15.0. The third-order valence-corrected chi connectivity index (χ3v) is 20.9. The van der Waals surface area contributed by atoms with E-state index in [1.54, 1.807) is 49.4 Å². The molecule has 3 aromatic rings. The Kier molecular flexibility index (Phi) is 41.8. The summed E-state index contributed by atoms with van der Waals surface area (Å²) >= 11 is 1.04. The van der Waals surface area contributed by atoms with Crippen molar-refractivity contribution in [1.29, 1.82) is 0 Å². The number of carbonyl (C=O) groups excluding carboxylic acids is 11. The lowest BCUT2D eigenvalue weighted by molar-refractivity contribution is -0.160. The molecular weight excluding hydrogens is 1480 g/mol. The number of likely N-dealkylation sites (N-methyl/N-ethyl adjacent to an activating group) is 1. The number of aromatic hydroxyl groups is 1. The highest BCUT2D eigenvalue weighted by Crippen LogP contribution is 2.32. The number of ether oxygens (including phenoxy) is 3. The third-order valence-electron chi connectivity index (χ3n) is 17.6. The molecule has 2 aromatic carbocycles. The average molecular weight is 1590 g/mol. The van der Waals surface area contributed by atoms with Gasteiger partial charge in [0.05, 0.1) is 12.5 Å². The van der Waals surface area contributed by atoms with Crippen LogP contribution in [-0.2, 0) is 75.0 Å². The van der Waals surface area contributed by atoms with Crippen LogP contribution in [0.15, 0.2) is 60.0 Å². The molecule has 0 radical (unpaired) electrons. The second-order valence-corrected chi connectivity index (χ2v) is 30.3. The van der Waals surface area contributed by atoms with Gasteiger partial charge in [0.25, 0.3) is 5.91 Å². The predicted octanol–water partition coefficient (Wildman–Crippen LogP) is 5.29. The third kappa shape index (κ3) is 35.2. The summed E-state index contributed by atoms with van der Waals surface area (Å²) in [6, 6.07) is 6.15. The number of aromatic nitrogens is 1.